The molecule has 1 heterocycles. The first kappa shape index (κ1) is 24.6. The Morgan fingerprint density at radius 1 is 1.00 bits per heavy atom. The van der Waals surface area contributed by atoms with Crippen LogP contribution < -0.4 is 10.2 Å². The van der Waals surface area contributed by atoms with Crippen molar-refractivity contribution in [1.29, 1.82) is 0 Å². The summed E-state index contributed by atoms with van der Waals surface area (Å²) in [7, 11) is -3.96. The van der Waals surface area contributed by atoms with Crippen molar-refractivity contribution in [2.45, 2.75) is 25.7 Å². The Hall–Kier alpha value is -3.49. The quantitative estimate of drug-likeness (QED) is 0.448. The number of amides is 1. The summed E-state index contributed by atoms with van der Waals surface area (Å²) in [5.74, 6) is -0.212. The molecule has 0 radical (unpaired) electrons. The molecule has 0 aromatic heterocycles. The molecular formula is C26H24ClN3O4S. The summed E-state index contributed by atoms with van der Waals surface area (Å²) in [6.45, 7) is 6.28. The van der Waals surface area contributed by atoms with Gasteiger partial charge in [-0.25, -0.2) is 0 Å². The van der Waals surface area contributed by atoms with Gasteiger partial charge in [0.05, 0.1) is 11.4 Å². The molecule has 9 heteroatoms. The number of anilines is 2. The first-order valence-corrected chi connectivity index (χ1v) is 12.8. The number of amidine groups is 1. The minimum Gasteiger partial charge on any atom is -0.328 e. The van der Waals surface area contributed by atoms with Crippen LogP contribution >= 0.6 is 11.6 Å². The molecule has 0 aliphatic carbocycles. The average Bonchev–Trinajstić information content (AvgIpc) is 2.82. The second-order valence-corrected chi connectivity index (χ2v) is 10.6. The molecule has 0 fully saturated rings. The van der Waals surface area contributed by atoms with Gasteiger partial charge in [0.15, 0.2) is 5.78 Å². The molecule has 1 aliphatic rings. The minimum atomic E-state index is -3.96. The molecule has 1 amide bonds. The second-order valence-electron chi connectivity index (χ2n) is 8.64. The lowest BCUT2D eigenvalue weighted by molar-refractivity contribution is 0.102. The van der Waals surface area contributed by atoms with E-state index in [1.54, 1.807) is 61.5 Å². The zero-order chi connectivity index (χ0) is 25.3. The maximum absolute atomic E-state index is 13.1. The molecule has 0 atom stereocenters. The number of ketones is 1. The van der Waals surface area contributed by atoms with Crippen LogP contribution in [0.5, 0.6) is 0 Å². The number of carbonyl (C=O) groups excluding carboxylic acids is 2. The Morgan fingerprint density at radius 2 is 1.71 bits per heavy atom. The van der Waals surface area contributed by atoms with Crippen LogP contribution in [0.4, 0.5) is 11.4 Å². The summed E-state index contributed by atoms with van der Waals surface area (Å²) in [5, 5.41) is 3.08. The van der Waals surface area contributed by atoms with E-state index in [1.165, 1.54) is 12.1 Å². The zero-order valence-electron chi connectivity index (χ0n) is 19.4. The number of nitrogens with zero attached hydrogens (tertiary/aromatic N) is 2. The molecule has 1 N–H and O–H groups in total. The predicted molar refractivity (Wildman–Crippen MR) is 138 cm³/mol. The predicted octanol–water partition coefficient (Wildman–Crippen LogP) is 5.41. The van der Waals surface area contributed by atoms with Crippen molar-refractivity contribution in [3.8, 4) is 0 Å². The summed E-state index contributed by atoms with van der Waals surface area (Å²) in [6, 6.07) is 17.7. The third kappa shape index (κ3) is 5.13. The van der Waals surface area contributed by atoms with Crippen LogP contribution in [0, 0.1) is 5.92 Å². The van der Waals surface area contributed by atoms with Gasteiger partial charge >= 0.3 is 0 Å². The molecule has 3 aromatic carbocycles. The lowest BCUT2D eigenvalue weighted by Crippen LogP contribution is -2.36. The highest BCUT2D eigenvalue weighted by Gasteiger charge is 2.30. The molecule has 0 unspecified atom stereocenters. The number of hydrogen-bond acceptors (Lipinski definition) is 5. The van der Waals surface area contributed by atoms with Gasteiger partial charge in [-0.2, -0.15) is 8.42 Å². The summed E-state index contributed by atoms with van der Waals surface area (Å²) in [6.07, 6.45) is 0. The first-order chi connectivity index (χ1) is 16.6. The third-order valence-corrected chi connectivity index (χ3v) is 7.11. The molecular weight excluding hydrogens is 486 g/mol. The normalized spacial score (nSPS) is 14.3. The summed E-state index contributed by atoms with van der Waals surface area (Å²) >= 11 is 6.13. The topological polar surface area (TPSA) is 95.9 Å². The minimum absolute atomic E-state index is 0.0342. The Morgan fingerprint density at radius 3 is 2.40 bits per heavy atom. The smallest absolute Gasteiger partial charge is 0.286 e. The van der Waals surface area contributed by atoms with Crippen LogP contribution in [0.25, 0.3) is 0 Å². The number of nitrogens with one attached hydrogen (secondary N) is 1. The van der Waals surface area contributed by atoms with Crippen LogP contribution in [0.2, 0.25) is 5.02 Å². The second kappa shape index (κ2) is 9.64. The Balaban J connectivity index is 1.69. The number of carbonyl (C=O) groups is 2. The van der Waals surface area contributed by atoms with Crippen molar-refractivity contribution < 1.29 is 18.0 Å². The molecule has 1 aliphatic heterocycles. The van der Waals surface area contributed by atoms with E-state index in [-0.39, 0.29) is 33.4 Å². The van der Waals surface area contributed by atoms with Gasteiger partial charge in [0, 0.05) is 28.3 Å². The van der Waals surface area contributed by atoms with E-state index in [4.69, 9.17) is 11.6 Å². The fourth-order valence-electron chi connectivity index (χ4n) is 3.88. The van der Waals surface area contributed by atoms with Crippen molar-refractivity contribution >= 4 is 50.5 Å². The van der Waals surface area contributed by atoms with E-state index in [2.05, 4.69) is 9.71 Å². The molecule has 7 nitrogen and oxygen atoms in total. The van der Waals surface area contributed by atoms with Gasteiger partial charge in [-0.1, -0.05) is 55.8 Å². The average molecular weight is 510 g/mol. The van der Waals surface area contributed by atoms with Crippen LogP contribution in [-0.2, 0) is 10.0 Å². The standard InChI is InChI=1S/C26H24ClN3O4S/c1-16(2)15-30-17(3)29-35(33,34)24-13-19(9-12-23(24)30)26(32)28-22-11-10-20(27)14-21(22)25(31)18-7-5-4-6-8-18/h4-14,16H,15H2,1-3H3,(H,28,32). The van der Waals surface area contributed by atoms with Gasteiger partial charge in [-0.3, -0.25) is 9.59 Å². The monoisotopic (exact) mass is 509 g/mol. The fourth-order valence-corrected chi connectivity index (χ4v) is 5.32. The highest BCUT2D eigenvalue weighted by atomic mass is 35.5. The number of halogens is 1. The summed E-state index contributed by atoms with van der Waals surface area (Å²) < 4.78 is 29.4. The van der Waals surface area contributed by atoms with Gasteiger partial charge in [-0.15, -0.1) is 4.40 Å². The molecule has 0 spiro atoms. The van der Waals surface area contributed by atoms with E-state index in [0.717, 1.165) is 0 Å². The molecule has 35 heavy (non-hydrogen) atoms. The molecule has 4 rings (SSSR count). The number of hydrogen-bond donors (Lipinski definition) is 1. The number of rotatable bonds is 6. The van der Waals surface area contributed by atoms with Gasteiger partial charge in [0.1, 0.15) is 10.7 Å². The molecule has 0 bridgehead atoms. The molecule has 180 valence electrons. The van der Waals surface area contributed by atoms with Crippen LogP contribution in [0.1, 0.15) is 47.1 Å². The van der Waals surface area contributed by atoms with Gasteiger partial charge in [0.2, 0.25) is 0 Å². The fraction of sp³-hybridized carbons (Fsp3) is 0.192. The maximum Gasteiger partial charge on any atom is 0.286 e. The van der Waals surface area contributed by atoms with Crippen molar-refractivity contribution in [1.82, 2.24) is 0 Å². The van der Waals surface area contributed by atoms with Crippen molar-refractivity contribution in [2.24, 2.45) is 10.3 Å². The number of fused-ring (bicyclic) bond motifs is 1. The van der Waals surface area contributed by atoms with Crippen LogP contribution in [0.15, 0.2) is 76.0 Å². The lowest BCUT2D eigenvalue weighted by Gasteiger charge is -2.30. The van der Waals surface area contributed by atoms with E-state index in [9.17, 15) is 18.0 Å². The van der Waals surface area contributed by atoms with Gasteiger partial charge in [0.25, 0.3) is 15.9 Å². The third-order valence-electron chi connectivity index (χ3n) is 5.49. The van der Waals surface area contributed by atoms with Gasteiger partial charge < -0.3 is 10.2 Å². The Kier molecular flexibility index (Phi) is 6.78. The van der Waals surface area contributed by atoms with E-state index in [0.29, 0.717) is 28.7 Å². The zero-order valence-corrected chi connectivity index (χ0v) is 21.0. The van der Waals surface area contributed by atoms with E-state index >= 15 is 0 Å². The van der Waals surface area contributed by atoms with Crippen LogP contribution in [-0.4, -0.2) is 32.5 Å². The van der Waals surface area contributed by atoms with Crippen LogP contribution in [0.3, 0.4) is 0 Å². The summed E-state index contributed by atoms with van der Waals surface area (Å²) in [4.78, 5) is 28.0. The first-order valence-electron chi connectivity index (χ1n) is 11.0. The highest BCUT2D eigenvalue weighted by Crippen LogP contribution is 2.33. The Bertz CT molecular complexity index is 1450. The SMILES string of the molecule is CC1=NS(=O)(=O)c2cc(C(=O)Nc3ccc(Cl)cc3C(=O)c3ccccc3)ccc2N1CC(C)C. The largest absolute Gasteiger partial charge is 0.328 e. The van der Waals surface area contributed by atoms with Crippen molar-refractivity contribution in [2.75, 3.05) is 16.8 Å². The number of sulfonamides is 1. The van der Waals surface area contributed by atoms with Gasteiger partial charge in [-0.05, 0) is 49.2 Å². The van der Waals surface area contributed by atoms with Crippen molar-refractivity contribution in [3.05, 3.63) is 88.4 Å². The number of benzene rings is 3. The molecule has 3 aromatic rings. The highest BCUT2D eigenvalue weighted by molar-refractivity contribution is 7.90. The van der Waals surface area contributed by atoms with E-state index in [1.807, 2.05) is 18.7 Å². The molecule has 0 saturated heterocycles. The van der Waals surface area contributed by atoms with Crippen molar-refractivity contribution in [3.63, 3.8) is 0 Å². The lowest BCUT2D eigenvalue weighted by atomic mass is 10.0. The Labute approximate surface area is 209 Å². The maximum atomic E-state index is 13.1. The summed E-state index contributed by atoms with van der Waals surface area (Å²) in [5.41, 5.74) is 1.55. The molecule has 0 saturated carbocycles. The van der Waals surface area contributed by atoms with E-state index < -0.39 is 15.9 Å².